The fourth-order valence-corrected chi connectivity index (χ4v) is 2.92. The maximum Gasteiger partial charge on any atom is 0.179 e. The van der Waals surface area contributed by atoms with Gasteiger partial charge in [-0.15, -0.1) is 0 Å². The molecule has 2 rings (SSSR count). The van der Waals surface area contributed by atoms with E-state index >= 15 is 0 Å². The molecule has 1 aliphatic rings. The fraction of sp³-hybridized carbons (Fsp3) is 0.571. The van der Waals surface area contributed by atoms with Crippen molar-refractivity contribution >= 4 is 23.4 Å². The molecule has 0 amide bonds. The van der Waals surface area contributed by atoms with Crippen LogP contribution in [-0.2, 0) is 5.75 Å². The molecule has 0 radical (unpaired) electrons. The van der Waals surface area contributed by atoms with E-state index in [-0.39, 0.29) is 11.4 Å². The first-order valence-electron chi connectivity index (χ1n) is 6.45. The number of ether oxygens (including phenoxy) is 2. The molecular formula is C14H19ClO3S. The maximum absolute atomic E-state index is 9.49. The Labute approximate surface area is 123 Å². The molecule has 0 fully saturated rings. The fourth-order valence-electron chi connectivity index (χ4n) is 1.73. The highest BCUT2D eigenvalue weighted by molar-refractivity contribution is 7.99. The summed E-state index contributed by atoms with van der Waals surface area (Å²) in [6, 6.07) is 3.89. The van der Waals surface area contributed by atoms with E-state index in [1.54, 1.807) is 18.7 Å². The van der Waals surface area contributed by atoms with Crippen LogP contribution >= 0.6 is 23.4 Å². The smallest absolute Gasteiger partial charge is 0.179 e. The SMILES string of the molecule is CC(O)C(C)SCc1cc(Cl)c2c(c1)OCCCO2. The first-order valence-corrected chi connectivity index (χ1v) is 7.88. The molecule has 1 aromatic rings. The lowest BCUT2D eigenvalue weighted by atomic mass is 10.2. The van der Waals surface area contributed by atoms with E-state index in [4.69, 9.17) is 21.1 Å². The second kappa shape index (κ2) is 6.73. The third-order valence-corrected chi connectivity index (χ3v) is 4.75. The van der Waals surface area contributed by atoms with Gasteiger partial charge >= 0.3 is 0 Å². The molecule has 0 bridgehead atoms. The van der Waals surface area contributed by atoms with Crippen LogP contribution in [0.15, 0.2) is 12.1 Å². The quantitative estimate of drug-likeness (QED) is 0.924. The summed E-state index contributed by atoms with van der Waals surface area (Å²) in [5.74, 6) is 2.17. The van der Waals surface area contributed by atoms with Crippen LogP contribution in [0.2, 0.25) is 5.02 Å². The van der Waals surface area contributed by atoms with Crippen molar-refractivity contribution in [2.24, 2.45) is 0 Å². The lowest BCUT2D eigenvalue weighted by molar-refractivity contribution is 0.196. The molecule has 0 aliphatic carbocycles. The Morgan fingerprint density at radius 1 is 1.32 bits per heavy atom. The van der Waals surface area contributed by atoms with Gasteiger partial charge in [-0.05, 0) is 24.6 Å². The van der Waals surface area contributed by atoms with Crippen molar-refractivity contribution in [1.82, 2.24) is 0 Å². The van der Waals surface area contributed by atoms with Gasteiger partial charge in [0.15, 0.2) is 11.5 Å². The normalized spacial score (nSPS) is 17.7. The zero-order chi connectivity index (χ0) is 13.8. The standard InChI is InChI=1S/C14H19ClO3S/c1-9(16)10(2)19-8-11-6-12(15)14-13(7-11)17-4-3-5-18-14/h6-7,9-10,16H,3-5,8H2,1-2H3. The second-order valence-electron chi connectivity index (χ2n) is 4.71. The maximum atomic E-state index is 9.49. The lowest BCUT2D eigenvalue weighted by Crippen LogP contribution is -2.15. The molecule has 19 heavy (non-hydrogen) atoms. The molecular weight excluding hydrogens is 284 g/mol. The summed E-state index contributed by atoms with van der Waals surface area (Å²) in [7, 11) is 0. The van der Waals surface area contributed by atoms with E-state index in [0.717, 1.165) is 23.5 Å². The van der Waals surface area contributed by atoms with Crippen LogP contribution in [0.25, 0.3) is 0 Å². The highest BCUT2D eigenvalue weighted by atomic mass is 35.5. The number of aliphatic hydroxyl groups excluding tert-OH is 1. The molecule has 0 aromatic heterocycles. The van der Waals surface area contributed by atoms with Crippen LogP contribution < -0.4 is 9.47 Å². The Hall–Kier alpha value is -0.580. The Bertz CT molecular complexity index is 437. The summed E-state index contributed by atoms with van der Waals surface area (Å²) < 4.78 is 11.3. The Balaban J connectivity index is 2.10. The molecule has 106 valence electrons. The Morgan fingerprint density at radius 3 is 2.79 bits per heavy atom. The number of aliphatic hydroxyl groups is 1. The molecule has 3 nitrogen and oxygen atoms in total. The van der Waals surface area contributed by atoms with Crippen molar-refractivity contribution < 1.29 is 14.6 Å². The van der Waals surface area contributed by atoms with Crippen molar-refractivity contribution in [3.8, 4) is 11.5 Å². The van der Waals surface area contributed by atoms with Crippen LogP contribution in [0.4, 0.5) is 0 Å². The third-order valence-electron chi connectivity index (χ3n) is 3.05. The summed E-state index contributed by atoms with van der Waals surface area (Å²) >= 11 is 7.93. The van der Waals surface area contributed by atoms with Gasteiger partial charge < -0.3 is 14.6 Å². The van der Waals surface area contributed by atoms with Gasteiger partial charge in [0, 0.05) is 17.4 Å². The van der Waals surface area contributed by atoms with Crippen LogP contribution in [0.5, 0.6) is 11.5 Å². The van der Waals surface area contributed by atoms with Crippen LogP contribution in [0.3, 0.4) is 0 Å². The van der Waals surface area contributed by atoms with Crippen molar-refractivity contribution in [2.75, 3.05) is 13.2 Å². The molecule has 2 unspecified atom stereocenters. The van der Waals surface area contributed by atoms with Gasteiger partial charge in [-0.1, -0.05) is 18.5 Å². The molecule has 1 aromatic carbocycles. The van der Waals surface area contributed by atoms with Crippen LogP contribution in [-0.4, -0.2) is 29.7 Å². The number of halogens is 1. The summed E-state index contributed by atoms with van der Waals surface area (Å²) in [6.45, 7) is 5.11. The number of hydrogen-bond donors (Lipinski definition) is 1. The average Bonchev–Trinajstić information content (AvgIpc) is 2.61. The third kappa shape index (κ3) is 3.94. The van der Waals surface area contributed by atoms with E-state index in [1.807, 2.05) is 19.1 Å². The van der Waals surface area contributed by atoms with Crippen LogP contribution in [0, 0.1) is 0 Å². The van der Waals surface area contributed by atoms with Gasteiger partial charge in [0.2, 0.25) is 0 Å². The number of rotatable bonds is 4. The average molecular weight is 303 g/mol. The summed E-state index contributed by atoms with van der Waals surface area (Å²) in [5, 5.41) is 10.3. The first-order chi connectivity index (χ1) is 9.08. The molecule has 0 saturated carbocycles. The van der Waals surface area contributed by atoms with Crippen molar-refractivity contribution in [2.45, 2.75) is 37.4 Å². The lowest BCUT2D eigenvalue weighted by Gasteiger charge is -2.15. The molecule has 0 saturated heterocycles. The summed E-state index contributed by atoms with van der Waals surface area (Å²) in [5.41, 5.74) is 1.09. The highest BCUT2D eigenvalue weighted by Gasteiger charge is 2.16. The summed E-state index contributed by atoms with van der Waals surface area (Å²) in [6.07, 6.45) is 0.551. The minimum Gasteiger partial charge on any atom is -0.489 e. The molecule has 0 spiro atoms. The minimum atomic E-state index is -0.319. The van der Waals surface area contributed by atoms with Gasteiger partial charge in [0.1, 0.15) is 0 Å². The van der Waals surface area contributed by atoms with E-state index in [9.17, 15) is 5.11 Å². The topological polar surface area (TPSA) is 38.7 Å². The molecule has 5 heteroatoms. The van der Waals surface area contributed by atoms with Gasteiger partial charge in [-0.2, -0.15) is 11.8 Å². The predicted octanol–water partition coefficient (Wildman–Crippen LogP) is 3.50. The molecule has 2 atom stereocenters. The van der Waals surface area contributed by atoms with E-state index in [0.29, 0.717) is 24.0 Å². The minimum absolute atomic E-state index is 0.190. The molecule has 1 aliphatic heterocycles. The Morgan fingerprint density at radius 2 is 2.05 bits per heavy atom. The predicted molar refractivity (Wildman–Crippen MR) is 79.5 cm³/mol. The van der Waals surface area contributed by atoms with E-state index < -0.39 is 0 Å². The number of thioether (sulfide) groups is 1. The highest BCUT2D eigenvalue weighted by Crippen LogP contribution is 2.39. The van der Waals surface area contributed by atoms with E-state index in [1.165, 1.54) is 0 Å². The Kier molecular flexibility index (Phi) is 5.25. The van der Waals surface area contributed by atoms with Gasteiger partial charge in [-0.3, -0.25) is 0 Å². The number of hydrogen-bond acceptors (Lipinski definition) is 4. The monoisotopic (exact) mass is 302 g/mol. The van der Waals surface area contributed by atoms with E-state index in [2.05, 4.69) is 0 Å². The van der Waals surface area contributed by atoms with Crippen molar-refractivity contribution in [3.63, 3.8) is 0 Å². The number of fused-ring (bicyclic) bond motifs is 1. The molecule has 1 N–H and O–H groups in total. The second-order valence-corrected chi connectivity index (χ2v) is 6.48. The first kappa shape index (κ1) is 14.8. The van der Waals surface area contributed by atoms with Gasteiger partial charge in [0.25, 0.3) is 0 Å². The zero-order valence-corrected chi connectivity index (χ0v) is 12.8. The van der Waals surface area contributed by atoms with Crippen LogP contribution in [0.1, 0.15) is 25.8 Å². The van der Waals surface area contributed by atoms with Crippen molar-refractivity contribution in [3.05, 3.63) is 22.7 Å². The van der Waals surface area contributed by atoms with Crippen molar-refractivity contribution in [1.29, 1.82) is 0 Å². The summed E-state index contributed by atoms with van der Waals surface area (Å²) in [4.78, 5) is 0. The largest absolute Gasteiger partial charge is 0.489 e. The zero-order valence-electron chi connectivity index (χ0n) is 11.2. The van der Waals surface area contributed by atoms with Gasteiger partial charge in [-0.25, -0.2) is 0 Å². The number of benzene rings is 1. The van der Waals surface area contributed by atoms with Gasteiger partial charge in [0.05, 0.1) is 24.3 Å². The molecule has 1 heterocycles.